The van der Waals surface area contributed by atoms with Crippen LogP contribution in [0.1, 0.15) is 11.5 Å². The molecule has 7 heteroatoms. The van der Waals surface area contributed by atoms with Gasteiger partial charge in [0.05, 0.1) is 6.54 Å². The van der Waals surface area contributed by atoms with Gasteiger partial charge in [-0.05, 0) is 19.1 Å². The fraction of sp³-hybridized carbons (Fsp3) is 0.444. The lowest BCUT2D eigenvalue weighted by Crippen LogP contribution is -2.40. The normalized spacial score (nSPS) is 11.2. The molecule has 16 heavy (non-hydrogen) atoms. The number of carbonyl (C=O) groups excluding carboxylic acids is 1. The number of nitrogens with one attached hydrogen (secondary N) is 2. The summed E-state index contributed by atoms with van der Waals surface area (Å²) in [7, 11) is 0. The number of rotatable bonds is 3. The number of alkyl halides is 3. The number of amides is 2. The SMILES string of the molecule is Cc1ccc(CNC(=O)NCC(F)(F)F)o1. The third kappa shape index (κ3) is 4.72. The Labute approximate surface area is 89.8 Å². The average molecular weight is 236 g/mol. The molecule has 0 fully saturated rings. The zero-order valence-corrected chi connectivity index (χ0v) is 8.52. The van der Waals surface area contributed by atoms with E-state index in [1.165, 1.54) is 0 Å². The molecular formula is C9H11F3N2O2. The second-order valence-electron chi connectivity index (χ2n) is 3.16. The number of hydrogen-bond acceptors (Lipinski definition) is 2. The molecule has 0 saturated heterocycles. The smallest absolute Gasteiger partial charge is 0.405 e. The van der Waals surface area contributed by atoms with Gasteiger partial charge in [0.15, 0.2) is 0 Å². The lowest BCUT2D eigenvalue weighted by atomic mass is 10.4. The molecule has 0 aliphatic carbocycles. The lowest BCUT2D eigenvalue weighted by Gasteiger charge is -2.08. The molecule has 0 aliphatic rings. The summed E-state index contributed by atoms with van der Waals surface area (Å²) in [6.45, 7) is 0.431. The summed E-state index contributed by atoms with van der Waals surface area (Å²) < 4.78 is 40.3. The predicted molar refractivity (Wildman–Crippen MR) is 49.7 cm³/mol. The van der Waals surface area contributed by atoms with Crippen molar-refractivity contribution >= 4 is 6.03 Å². The molecule has 0 radical (unpaired) electrons. The van der Waals surface area contributed by atoms with Gasteiger partial charge >= 0.3 is 12.2 Å². The first kappa shape index (κ1) is 12.4. The van der Waals surface area contributed by atoms with E-state index in [1.807, 2.05) is 0 Å². The standard InChI is InChI=1S/C9H11F3N2O2/c1-6-2-3-7(16-6)4-13-8(15)14-5-9(10,11)12/h2-3H,4-5H2,1H3,(H2,13,14,15). The summed E-state index contributed by atoms with van der Waals surface area (Å²) in [4.78, 5) is 10.9. The molecule has 1 aromatic heterocycles. The first-order chi connectivity index (χ1) is 7.37. The summed E-state index contributed by atoms with van der Waals surface area (Å²) in [5.74, 6) is 1.16. The Kier molecular flexibility index (Phi) is 3.81. The van der Waals surface area contributed by atoms with E-state index >= 15 is 0 Å². The van der Waals surface area contributed by atoms with Crippen molar-refractivity contribution in [1.82, 2.24) is 10.6 Å². The van der Waals surface area contributed by atoms with Crippen molar-refractivity contribution in [2.75, 3.05) is 6.54 Å². The van der Waals surface area contributed by atoms with Crippen LogP contribution in [0.25, 0.3) is 0 Å². The van der Waals surface area contributed by atoms with E-state index in [-0.39, 0.29) is 6.54 Å². The maximum absolute atomic E-state index is 11.7. The highest BCUT2D eigenvalue weighted by atomic mass is 19.4. The molecule has 90 valence electrons. The largest absolute Gasteiger partial charge is 0.465 e. The van der Waals surface area contributed by atoms with Crippen LogP contribution in [0.4, 0.5) is 18.0 Å². The van der Waals surface area contributed by atoms with Gasteiger partial charge in [0.2, 0.25) is 0 Å². The van der Waals surface area contributed by atoms with Gasteiger partial charge in [-0.25, -0.2) is 4.79 Å². The Bertz CT molecular complexity index is 360. The molecule has 1 heterocycles. The van der Waals surface area contributed by atoms with Crippen LogP contribution >= 0.6 is 0 Å². The zero-order valence-electron chi connectivity index (χ0n) is 8.52. The first-order valence-electron chi connectivity index (χ1n) is 4.50. The second kappa shape index (κ2) is 4.91. The van der Waals surface area contributed by atoms with Crippen molar-refractivity contribution in [2.24, 2.45) is 0 Å². The van der Waals surface area contributed by atoms with Crippen LogP contribution in [0.5, 0.6) is 0 Å². The highest BCUT2D eigenvalue weighted by molar-refractivity contribution is 5.73. The van der Waals surface area contributed by atoms with E-state index in [0.717, 1.165) is 0 Å². The van der Waals surface area contributed by atoms with Gasteiger partial charge in [0, 0.05) is 0 Å². The van der Waals surface area contributed by atoms with Crippen LogP contribution in [0.15, 0.2) is 16.5 Å². The summed E-state index contributed by atoms with van der Waals surface area (Å²) in [6.07, 6.45) is -4.40. The number of carbonyl (C=O) groups is 1. The van der Waals surface area contributed by atoms with E-state index in [9.17, 15) is 18.0 Å². The average Bonchev–Trinajstić information content (AvgIpc) is 2.57. The van der Waals surface area contributed by atoms with Gasteiger partial charge in [-0.15, -0.1) is 0 Å². The molecule has 0 atom stereocenters. The van der Waals surface area contributed by atoms with E-state index in [4.69, 9.17) is 4.42 Å². The van der Waals surface area contributed by atoms with Crippen molar-refractivity contribution in [3.05, 3.63) is 23.7 Å². The highest BCUT2D eigenvalue weighted by Gasteiger charge is 2.27. The molecule has 0 aromatic carbocycles. The Morgan fingerprint density at radius 1 is 1.38 bits per heavy atom. The molecule has 1 aromatic rings. The fourth-order valence-corrected chi connectivity index (χ4v) is 0.991. The predicted octanol–water partition coefficient (Wildman–Crippen LogP) is 1.95. The van der Waals surface area contributed by atoms with E-state index in [0.29, 0.717) is 11.5 Å². The minimum absolute atomic E-state index is 0.0531. The van der Waals surface area contributed by atoms with Crippen LogP contribution in [-0.4, -0.2) is 18.8 Å². The van der Waals surface area contributed by atoms with Gasteiger partial charge in [0.25, 0.3) is 0 Å². The number of hydrogen-bond donors (Lipinski definition) is 2. The van der Waals surface area contributed by atoms with E-state index in [1.54, 1.807) is 24.4 Å². The van der Waals surface area contributed by atoms with Gasteiger partial charge in [0.1, 0.15) is 18.1 Å². The highest BCUT2D eigenvalue weighted by Crippen LogP contribution is 2.12. The number of halogens is 3. The van der Waals surface area contributed by atoms with Crippen molar-refractivity contribution in [1.29, 1.82) is 0 Å². The number of furan rings is 1. The molecule has 1 rings (SSSR count). The summed E-state index contributed by atoms with van der Waals surface area (Å²) in [6, 6.07) is 2.45. The summed E-state index contributed by atoms with van der Waals surface area (Å²) in [5, 5.41) is 3.92. The third-order valence-corrected chi connectivity index (χ3v) is 1.67. The first-order valence-corrected chi connectivity index (χ1v) is 4.50. The van der Waals surface area contributed by atoms with E-state index < -0.39 is 18.8 Å². The molecular weight excluding hydrogens is 225 g/mol. The molecule has 0 spiro atoms. The quantitative estimate of drug-likeness (QED) is 0.842. The molecule has 2 N–H and O–H groups in total. The van der Waals surface area contributed by atoms with Crippen LogP contribution in [0, 0.1) is 6.92 Å². The summed E-state index contributed by atoms with van der Waals surface area (Å²) >= 11 is 0. The summed E-state index contributed by atoms with van der Waals surface area (Å²) in [5.41, 5.74) is 0. The molecule has 4 nitrogen and oxygen atoms in total. The van der Waals surface area contributed by atoms with Gasteiger partial charge in [-0.2, -0.15) is 13.2 Å². The van der Waals surface area contributed by atoms with Crippen LogP contribution in [0.3, 0.4) is 0 Å². The maximum atomic E-state index is 11.7. The molecule has 2 amide bonds. The number of aryl methyl sites for hydroxylation is 1. The Hall–Kier alpha value is -1.66. The number of urea groups is 1. The minimum Gasteiger partial charge on any atom is -0.465 e. The van der Waals surface area contributed by atoms with Gasteiger partial charge < -0.3 is 15.1 Å². The van der Waals surface area contributed by atoms with Crippen LogP contribution in [-0.2, 0) is 6.54 Å². The van der Waals surface area contributed by atoms with Crippen LogP contribution < -0.4 is 10.6 Å². The zero-order chi connectivity index (χ0) is 12.2. The van der Waals surface area contributed by atoms with Gasteiger partial charge in [-0.1, -0.05) is 0 Å². The van der Waals surface area contributed by atoms with E-state index in [2.05, 4.69) is 5.32 Å². The fourth-order valence-electron chi connectivity index (χ4n) is 0.991. The molecule has 0 saturated carbocycles. The Morgan fingerprint density at radius 2 is 2.06 bits per heavy atom. The Morgan fingerprint density at radius 3 is 2.56 bits per heavy atom. The molecule has 0 unspecified atom stereocenters. The monoisotopic (exact) mass is 236 g/mol. The Balaban J connectivity index is 2.25. The van der Waals surface area contributed by atoms with Crippen LogP contribution in [0.2, 0.25) is 0 Å². The second-order valence-corrected chi connectivity index (χ2v) is 3.16. The maximum Gasteiger partial charge on any atom is 0.405 e. The van der Waals surface area contributed by atoms with Gasteiger partial charge in [-0.3, -0.25) is 0 Å². The van der Waals surface area contributed by atoms with Crippen molar-refractivity contribution < 1.29 is 22.4 Å². The van der Waals surface area contributed by atoms with Crippen molar-refractivity contribution in [2.45, 2.75) is 19.6 Å². The third-order valence-electron chi connectivity index (χ3n) is 1.67. The topological polar surface area (TPSA) is 54.3 Å². The molecule has 0 bridgehead atoms. The minimum atomic E-state index is -4.40. The van der Waals surface area contributed by atoms with Crippen molar-refractivity contribution in [3.63, 3.8) is 0 Å². The van der Waals surface area contributed by atoms with Crippen molar-refractivity contribution in [3.8, 4) is 0 Å². The lowest BCUT2D eigenvalue weighted by molar-refractivity contribution is -0.122. The molecule has 0 aliphatic heterocycles.